The third kappa shape index (κ3) is 4.77. The van der Waals surface area contributed by atoms with Crippen molar-refractivity contribution >= 4 is 17.7 Å². The lowest BCUT2D eigenvalue weighted by Crippen LogP contribution is -2.13. The fourth-order valence-corrected chi connectivity index (χ4v) is 2.24. The third-order valence-electron chi connectivity index (χ3n) is 3.51. The molecule has 2 aromatic carbocycles. The van der Waals surface area contributed by atoms with Crippen molar-refractivity contribution < 1.29 is 19.0 Å². The maximum Gasteiger partial charge on any atom is 0.266 e. The Hall–Kier alpha value is -3.46. The molecule has 0 aliphatic carbocycles. The van der Waals surface area contributed by atoms with Crippen molar-refractivity contribution in [3.63, 3.8) is 0 Å². The Morgan fingerprint density at radius 3 is 2.42 bits per heavy atom. The summed E-state index contributed by atoms with van der Waals surface area (Å²) in [7, 11) is 3.12. The molecule has 0 saturated carbocycles. The van der Waals surface area contributed by atoms with Gasteiger partial charge >= 0.3 is 0 Å². The molecule has 2 rings (SSSR count). The first kappa shape index (κ1) is 18.9. The van der Waals surface area contributed by atoms with Gasteiger partial charge in [0.05, 0.1) is 20.8 Å². The molecule has 0 aromatic heterocycles. The third-order valence-corrected chi connectivity index (χ3v) is 3.51. The number of methoxy groups -OCH3 is 2. The number of hydrogen-bond donors (Lipinski definition) is 1. The summed E-state index contributed by atoms with van der Waals surface area (Å²) in [6.07, 6.45) is 1.50. The van der Waals surface area contributed by atoms with Gasteiger partial charge in [0.25, 0.3) is 5.91 Å². The second-order valence-corrected chi connectivity index (χ2v) is 5.20. The van der Waals surface area contributed by atoms with Crippen LogP contribution < -0.4 is 19.5 Å². The molecule has 6 nitrogen and oxygen atoms in total. The predicted octanol–water partition coefficient (Wildman–Crippen LogP) is 3.65. The van der Waals surface area contributed by atoms with Crippen molar-refractivity contribution in [1.29, 1.82) is 5.26 Å². The van der Waals surface area contributed by atoms with E-state index in [1.807, 2.05) is 13.0 Å². The average Bonchev–Trinajstić information content (AvgIpc) is 2.67. The topological polar surface area (TPSA) is 80.6 Å². The highest BCUT2D eigenvalue weighted by atomic mass is 16.5. The molecule has 2 aromatic rings. The number of anilines is 1. The van der Waals surface area contributed by atoms with Crippen LogP contribution in [0.15, 0.2) is 48.0 Å². The van der Waals surface area contributed by atoms with Gasteiger partial charge in [0.1, 0.15) is 17.4 Å². The zero-order valence-electron chi connectivity index (χ0n) is 14.9. The Kier molecular flexibility index (Phi) is 6.63. The molecular formula is C20H20N2O4. The van der Waals surface area contributed by atoms with Gasteiger partial charge in [0, 0.05) is 5.69 Å². The van der Waals surface area contributed by atoms with E-state index in [1.165, 1.54) is 6.08 Å². The van der Waals surface area contributed by atoms with E-state index < -0.39 is 5.91 Å². The Labute approximate surface area is 152 Å². The molecule has 134 valence electrons. The summed E-state index contributed by atoms with van der Waals surface area (Å²) in [5.41, 5.74) is 1.21. The molecule has 1 N–H and O–H groups in total. The molecule has 0 aliphatic rings. The van der Waals surface area contributed by atoms with Gasteiger partial charge in [-0.15, -0.1) is 0 Å². The molecule has 26 heavy (non-hydrogen) atoms. The minimum Gasteiger partial charge on any atom is -0.497 e. The van der Waals surface area contributed by atoms with Crippen LogP contribution >= 0.6 is 0 Å². The first-order chi connectivity index (χ1) is 12.6. The summed E-state index contributed by atoms with van der Waals surface area (Å²) in [4.78, 5) is 12.3. The molecule has 0 fully saturated rings. The average molecular weight is 352 g/mol. The lowest BCUT2D eigenvalue weighted by atomic mass is 10.1. The van der Waals surface area contributed by atoms with Crippen molar-refractivity contribution in [1.82, 2.24) is 0 Å². The number of benzene rings is 2. The first-order valence-electron chi connectivity index (χ1n) is 7.99. The fraction of sp³-hybridized carbons (Fsp3) is 0.200. The molecule has 0 spiro atoms. The van der Waals surface area contributed by atoms with Crippen LogP contribution in [0.25, 0.3) is 6.08 Å². The standard InChI is InChI=1S/C20H20N2O4/c1-4-26-19-12-14(5-10-18(19)25-3)11-15(13-21)20(23)22-16-6-8-17(24-2)9-7-16/h5-12H,4H2,1-3H3,(H,22,23)/b15-11+. The van der Waals surface area contributed by atoms with Gasteiger partial charge in [0.2, 0.25) is 0 Å². The number of hydrogen-bond acceptors (Lipinski definition) is 5. The Morgan fingerprint density at radius 1 is 1.12 bits per heavy atom. The van der Waals surface area contributed by atoms with Crippen molar-refractivity contribution in [2.75, 3.05) is 26.1 Å². The second kappa shape index (κ2) is 9.14. The van der Waals surface area contributed by atoms with Crippen molar-refractivity contribution in [2.45, 2.75) is 6.92 Å². The summed E-state index contributed by atoms with van der Waals surface area (Å²) in [6.45, 7) is 2.34. The lowest BCUT2D eigenvalue weighted by molar-refractivity contribution is -0.112. The zero-order chi connectivity index (χ0) is 18.9. The van der Waals surface area contributed by atoms with Crippen LogP contribution in [0.4, 0.5) is 5.69 Å². The van der Waals surface area contributed by atoms with E-state index in [2.05, 4.69) is 5.32 Å². The van der Waals surface area contributed by atoms with Crippen molar-refractivity contribution in [3.05, 3.63) is 53.6 Å². The quantitative estimate of drug-likeness (QED) is 0.608. The number of amides is 1. The highest BCUT2D eigenvalue weighted by Crippen LogP contribution is 2.29. The summed E-state index contributed by atoms with van der Waals surface area (Å²) in [6, 6.07) is 14.0. The molecule has 0 aliphatic heterocycles. The SMILES string of the molecule is CCOc1cc(/C=C(\C#N)C(=O)Nc2ccc(OC)cc2)ccc1OC. The molecule has 0 unspecified atom stereocenters. The van der Waals surface area contributed by atoms with Gasteiger partial charge in [-0.25, -0.2) is 0 Å². The van der Waals surface area contributed by atoms with Crippen LogP contribution in [-0.2, 0) is 4.79 Å². The van der Waals surface area contributed by atoms with Crippen LogP contribution in [0.1, 0.15) is 12.5 Å². The fourth-order valence-electron chi connectivity index (χ4n) is 2.24. The van der Waals surface area contributed by atoms with Crippen LogP contribution in [0.2, 0.25) is 0 Å². The van der Waals surface area contributed by atoms with E-state index in [-0.39, 0.29) is 5.57 Å². The number of nitriles is 1. The van der Waals surface area contributed by atoms with E-state index in [9.17, 15) is 10.1 Å². The number of ether oxygens (including phenoxy) is 3. The normalized spacial score (nSPS) is 10.6. The van der Waals surface area contributed by atoms with Gasteiger partial charge < -0.3 is 19.5 Å². The smallest absolute Gasteiger partial charge is 0.266 e. The minimum atomic E-state index is -0.494. The van der Waals surface area contributed by atoms with E-state index in [0.29, 0.717) is 35.1 Å². The molecule has 0 radical (unpaired) electrons. The molecule has 0 saturated heterocycles. The van der Waals surface area contributed by atoms with Crippen LogP contribution in [-0.4, -0.2) is 26.7 Å². The van der Waals surface area contributed by atoms with E-state index in [1.54, 1.807) is 56.7 Å². The molecule has 0 heterocycles. The van der Waals surface area contributed by atoms with Gasteiger partial charge in [-0.2, -0.15) is 5.26 Å². The summed E-state index contributed by atoms with van der Waals surface area (Å²) < 4.78 is 15.8. The molecule has 0 atom stereocenters. The molecule has 6 heteroatoms. The number of carbonyl (C=O) groups is 1. The maximum atomic E-state index is 12.3. The molecule has 1 amide bonds. The number of rotatable bonds is 7. The second-order valence-electron chi connectivity index (χ2n) is 5.20. The summed E-state index contributed by atoms with van der Waals surface area (Å²) >= 11 is 0. The highest BCUT2D eigenvalue weighted by molar-refractivity contribution is 6.09. The van der Waals surface area contributed by atoms with Gasteiger partial charge in [-0.1, -0.05) is 6.07 Å². The van der Waals surface area contributed by atoms with Crippen LogP contribution in [0, 0.1) is 11.3 Å². The maximum absolute atomic E-state index is 12.3. The summed E-state index contributed by atoms with van der Waals surface area (Å²) in [5.74, 6) is 1.33. The number of nitrogens with one attached hydrogen (secondary N) is 1. The Bertz CT molecular complexity index is 836. The van der Waals surface area contributed by atoms with E-state index in [0.717, 1.165) is 0 Å². The van der Waals surface area contributed by atoms with Crippen LogP contribution in [0.3, 0.4) is 0 Å². The predicted molar refractivity (Wildman–Crippen MR) is 99.4 cm³/mol. The van der Waals surface area contributed by atoms with Gasteiger partial charge in [-0.05, 0) is 55.0 Å². The Balaban J connectivity index is 2.21. The summed E-state index contributed by atoms with van der Waals surface area (Å²) in [5, 5.41) is 12.0. The number of nitrogens with zero attached hydrogens (tertiary/aromatic N) is 1. The minimum absolute atomic E-state index is 0.0200. The van der Waals surface area contributed by atoms with Crippen molar-refractivity contribution in [2.24, 2.45) is 0 Å². The lowest BCUT2D eigenvalue weighted by Gasteiger charge is -2.10. The van der Waals surface area contributed by atoms with Gasteiger partial charge in [-0.3, -0.25) is 4.79 Å². The molecular weight excluding hydrogens is 332 g/mol. The Morgan fingerprint density at radius 2 is 1.85 bits per heavy atom. The van der Waals surface area contributed by atoms with Gasteiger partial charge in [0.15, 0.2) is 11.5 Å². The highest BCUT2D eigenvalue weighted by Gasteiger charge is 2.11. The largest absolute Gasteiger partial charge is 0.497 e. The monoisotopic (exact) mass is 352 g/mol. The van der Waals surface area contributed by atoms with Crippen LogP contribution in [0.5, 0.6) is 17.2 Å². The van der Waals surface area contributed by atoms with E-state index >= 15 is 0 Å². The van der Waals surface area contributed by atoms with Crippen molar-refractivity contribution in [3.8, 4) is 23.3 Å². The zero-order valence-corrected chi connectivity index (χ0v) is 14.9. The van der Waals surface area contributed by atoms with E-state index in [4.69, 9.17) is 14.2 Å². The molecule has 0 bridgehead atoms. The number of carbonyl (C=O) groups excluding carboxylic acids is 1. The first-order valence-corrected chi connectivity index (χ1v) is 7.99.